The molecule has 86 valence electrons. The first-order valence-corrected chi connectivity index (χ1v) is 5.60. The Balaban J connectivity index is 1.52. The van der Waals surface area contributed by atoms with Gasteiger partial charge >= 0.3 is 0 Å². The van der Waals surface area contributed by atoms with Crippen LogP contribution in [0.25, 0.3) is 0 Å². The van der Waals surface area contributed by atoms with E-state index < -0.39 is 0 Å². The van der Waals surface area contributed by atoms with E-state index in [1.807, 2.05) is 24.3 Å². The Hall–Kier alpha value is -1.26. The van der Waals surface area contributed by atoms with E-state index >= 15 is 0 Å². The molecule has 0 aromatic heterocycles. The zero-order chi connectivity index (χ0) is 10.8. The van der Waals surface area contributed by atoms with Crippen molar-refractivity contribution < 1.29 is 14.2 Å². The van der Waals surface area contributed by atoms with Crippen molar-refractivity contribution in [3.63, 3.8) is 0 Å². The Bertz CT molecular complexity index is 330. The molecule has 4 heteroatoms. The summed E-state index contributed by atoms with van der Waals surface area (Å²) in [7, 11) is 0. The van der Waals surface area contributed by atoms with Crippen molar-refractivity contribution in [1.29, 1.82) is 0 Å². The quantitative estimate of drug-likeness (QED) is 0.735. The molecule has 0 saturated carbocycles. The molecule has 0 radical (unpaired) electrons. The molecule has 4 nitrogen and oxygen atoms in total. The highest BCUT2D eigenvalue weighted by Crippen LogP contribution is 2.20. The van der Waals surface area contributed by atoms with Crippen LogP contribution in [-0.4, -0.2) is 38.6 Å². The summed E-state index contributed by atoms with van der Waals surface area (Å²) in [4.78, 5) is 0. The van der Waals surface area contributed by atoms with Crippen LogP contribution in [0.15, 0.2) is 24.3 Å². The molecule has 2 atom stereocenters. The number of ether oxygens (including phenoxy) is 3. The molecule has 3 rings (SSSR count). The van der Waals surface area contributed by atoms with Crippen LogP contribution in [0, 0.1) is 0 Å². The van der Waals surface area contributed by atoms with Gasteiger partial charge in [-0.3, -0.25) is 0 Å². The smallest absolute Gasteiger partial charge is 0.121 e. The van der Waals surface area contributed by atoms with Crippen molar-refractivity contribution in [1.82, 2.24) is 0 Å². The van der Waals surface area contributed by atoms with Crippen LogP contribution in [-0.2, 0) is 9.47 Å². The van der Waals surface area contributed by atoms with Gasteiger partial charge in [0.25, 0.3) is 0 Å². The van der Waals surface area contributed by atoms with E-state index in [0.717, 1.165) is 31.2 Å². The third-order valence-corrected chi connectivity index (χ3v) is 2.61. The fraction of sp³-hybridized carbons (Fsp3) is 0.500. The van der Waals surface area contributed by atoms with Gasteiger partial charge in [0.05, 0.1) is 19.3 Å². The summed E-state index contributed by atoms with van der Waals surface area (Å²) in [6.07, 6.45) is 0.695. The van der Waals surface area contributed by atoms with Gasteiger partial charge in [0.2, 0.25) is 0 Å². The largest absolute Gasteiger partial charge is 0.491 e. The van der Waals surface area contributed by atoms with Gasteiger partial charge in [0.1, 0.15) is 18.5 Å². The van der Waals surface area contributed by atoms with Gasteiger partial charge in [0, 0.05) is 18.3 Å². The van der Waals surface area contributed by atoms with Crippen LogP contribution in [0.4, 0.5) is 5.69 Å². The summed E-state index contributed by atoms with van der Waals surface area (Å²) in [6, 6.07) is 7.98. The van der Waals surface area contributed by atoms with Gasteiger partial charge in [-0.05, 0) is 12.1 Å². The molecule has 2 unspecified atom stereocenters. The van der Waals surface area contributed by atoms with Gasteiger partial charge in [-0.1, -0.05) is 6.07 Å². The minimum Gasteiger partial charge on any atom is -0.491 e. The zero-order valence-corrected chi connectivity index (χ0v) is 9.02. The molecule has 2 fully saturated rings. The highest BCUT2D eigenvalue weighted by atomic mass is 16.6. The second-order valence-electron chi connectivity index (χ2n) is 4.13. The van der Waals surface area contributed by atoms with Gasteiger partial charge in [0.15, 0.2) is 0 Å². The van der Waals surface area contributed by atoms with Crippen molar-refractivity contribution in [3.8, 4) is 5.75 Å². The van der Waals surface area contributed by atoms with E-state index in [4.69, 9.17) is 14.2 Å². The van der Waals surface area contributed by atoms with Crippen LogP contribution in [0.5, 0.6) is 5.75 Å². The van der Waals surface area contributed by atoms with Crippen LogP contribution >= 0.6 is 0 Å². The van der Waals surface area contributed by atoms with Crippen LogP contribution in [0.1, 0.15) is 0 Å². The molecule has 2 heterocycles. The summed E-state index contributed by atoms with van der Waals surface area (Å²) < 4.78 is 15.8. The van der Waals surface area contributed by atoms with E-state index in [1.165, 1.54) is 0 Å². The Labute approximate surface area is 94.5 Å². The zero-order valence-electron chi connectivity index (χ0n) is 9.02. The van der Waals surface area contributed by atoms with Gasteiger partial charge in [-0.25, -0.2) is 0 Å². The SMILES string of the molecule is c1cc(NCC2CO2)cc(OCC2CO2)c1. The second kappa shape index (κ2) is 4.31. The normalized spacial score (nSPS) is 26.2. The molecule has 0 spiro atoms. The fourth-order valence-corrected chi connectivity index (χ4v) is 1.47. The van der Waals surface area contributed by atoms with Gasteiger partial charge in [-0.2, -0.15) is 0 Å². The van der Waals surface area contributed by atoms with Crippen molar-refractivity contribution in [2.75, 3.05) is 31.7 Å². The third-order valence-electron chi connectivity index (χ3n) is 2.61. The topological polar surface area (TPSA) is 46.3 Å². The lowest BCUT2D eigenvalue weighted by atomic mass is 10.3. The maximum absolute atomic E-state index is 5.60. The minimum absolute atomic E-state index is 0.302. The second-order valence-corrected chi connectivity index (χ2v) is 4.13. The number of nitrogens with one attached hydrogen (secondary N) is 1. The lowest BCUT2D eigenvalue weighted by molar-refractivity contribution is 0.263. The molecule has 2 aliphatic rings. The summed E-state index contributed by atoms with van der Waals surface area (Å²) in [6.45, 7) is 3.23. The maximum Gasteiger partial charge on any atom is 0.121 e. The number of hydrogen-bond acceptors (Lipinski definition) is 4. The summed E-state index contributed by atoms with van der Waals surface area (Å²) in [5.74, 6) is 0.886. The van der Waals surface area contributed by atoms with E-state index in [9.17, 15) is 0 Å². The maximum atomic E-state index is 5.60. The molecule has 0 bridgehead atoms. The van der Waals surface area contributed by atoms with Crippen molar-refractivity contribution in [2.45, 2.75) is 12.2 Å². The predicted octanol–water partition coefficient (Wildman–Crippen LogP) is 1.27. The highest BCUT2D eigenvalue weighted by Gasteiger charge is 2.23. The monoisotopic (exact) mass is 221 g/mol. The summed E-state index contributed by atoms with van der Waals surface area (Å²) >= 11 is 0. The number of rotatable bonds is 6. The summed E-state index contributed by atoms with van der Waals surface area (Å²) in [5, 5.41) is 3.31. The van der Waals surface area contributed by atoms with Crippen molar-refractivity contribution in [3.05, 3.63) is 24.3 Å². The van der Waals surface area contributed by atoms with E-state index in [0.29, 0.717) is 18.8 Å². The van der Waals surface area contributed by atoms with Gasteiger partial charge < -0.3 is 19.5 Å². The van der Waals surface area contributed by atoms with E-state index in [2.05, 4.69) is 5.32 Å². The average Bonchev–Trinajstić information content (AvgIpc) is 3.17. The Kier molecular flexibility index (Phi) is 2.68. The van der Waals surface area contributed by atoms with Crippen molar-refractivity contribution >= 4 is 5.69 Å². The Morgan fingerprint density at radius 1 is 1.25 bits per heavy atom. The standard InChI is InChI=1S/C12H15NO3/c1-2-9(13-5-11-6-15-11)4-10(3-1)14-7-12-8-16-12/h1-4,11-13H,5-8H2. The molecule has 16 heavy (non-hydrogen) atoms. The number of epoxide rings is 2. The molecular weight excluding hydrogens is 206 g/mol. The molecule has 0 aliphatic carbocycles. The third kappa shape index (κ3) is 2.87. The molecule has 2 aliphatic heterocycles. The molecule has 1 N–H and O–H groups in total. The van der Waals surface area contributed by atoms with Gasteiger partial charge in [-0.15, -0.1) is 0 Å². The van der Waals surface area contributed by atoms with Crippen LogP contribution in [0.2, 0.25) is 0 Å². The lowest BCUT2D eigenvalue weighted by Gasteiger charge is -2.08. The number of benzene rings is 1. The fourth-order valence-electron chi connectivity index (χ4n) is 1.47. The first kappa shape index (κ1) is 9.93. The number of hydrogen-bond donors (Lipinski definition) is 1. The summed E-state index contributed by atoms with van der Waals surface area (Å²) in [5.41, 5.74) is 1.07. The predicted molar refractivity (Wildman–Crippen MR) is 59.9 cm³/mol. The Morgan fingerprint density at radius 3 is 2.81 bits per heavy atom. The molecular formula is C12H15NO3. The molecule has 2 saturated heterocycles. The first-order chi connectivity index (χ1) is 7.90. The number of anilines is 1. The molecule has 1 aromatic carbocycles. The first-order valence-electron chi connectivity index (χ1n) is 5.60. The van der Waals surface area contributed by atoms with E-state index in [-0.39, 0.29) is 0 Å². The van der Waals surface area contributed by atoms with Crippen LogP contribution < -0.4 is 10.1 Å². The minimum atomic E-state index is 0.302. The van der Waals surface area contributed by atoms with E-state index in [1.54, 1.807) is 0 Å². The average molecular weight is 221 g/mol. The molecule has 0 amide bonds. The van der Waals surface area contributed by atoms with Crippen LogP contribution in [0.3, 0.4) is 0 Å². The van der Waals surface area contributed by atoms with Crippen molar-refractivity contribution in [2.24, 2.45) is 0 Å². The lowest BCUT2D eigenvalue weighted by Crippen LogP contribution is -2.08. The Morgan fingerprint density at radius 2 is 2.06 bits per heavy atom. The molecule has 1 aromatic rings. The highest BCUT2D eigenvalue weighted by molar-refractivity contribution is 5.48.